The Labute approximate surface area is 147 Å². The molecule has 0 spiro atoms. The van der Waals surface area contributed by atoms with Crippen molar-refractivity contribution < 1.29 is 38.0 Å². The van der Waals surface area contributed by atoms with Gasteiger partial charge in [-0.3, -0.25) is 0 Å². The largest absolute Gasteiger partial charge is 0.419 e. The Bertz CT molecular complexity index is 776. The monoisotopic (exact) mass is 374 g/mol. The molecule has 0 heterocycles. The van der Waals surface area contributed by atoms with Gasteiger partial charge in [0.25, 0.3) is 0 Å². The van der Waals surface area contributed by atoms with Gasteiger partial charge in [0.15, 0.2) is 0 Å². The average Bonchev–Trinajstić information content (AvgIpc) is 2.58. The number of hydrogen-bond acceptors (Lipinski definition) is 4. The highest BCUT2D eigenvalue weighted by Crippen LogP contribution is 2.34. The van der Waals surface area contributed by atoms with Crippen molar-refractivity contribution in [3.8, 4) is 11.1 Å². The Hall–Kier alpha value is -2.00. The third-order valence-electron chi connectivity index (χ3n) is 4.10. The predicted octanol–water partition coefficient (Wildman–Crippen LogP) is 2.57. The second-order valence-corrected chi connectivity index (χ2v) is 5.95. The SMILES string of the molecule is Cc1cc(-c2ccc(C(F)(F)F)c(F)c2)ccc1[C@@H](O)C(O)[C@H](O)CO. The molecular weight excluding hydrogens is 356 g/mol. The average molecular weight is 374 g/mol. The van der Waals surface area contributed by atoms with Crippen molar-refractivity contribution in [1.82, 2.24) is 0 Å². The van der Waals surface area contributed by atoms with E-state index < -0.39 is 42.5 Å². The number of aryl methyl sites for hydroxylation is 1. The van der Waals surface area contributed by atoms with Crippen molar-refractivity contribution in [2.45, 2.75) is 31.4 Å². The lowest BCUT2D eigenvalue weighted by Gasteiger charge is -2.23. The topological polar surface area (TPSA) is 80.9 Å². The summed E-state index contributed by atoms with van der Waals surface area (Å²) < 4.78 is 51.6. The van der Waals surface area contributed by atoms with Crippen LogP contribution in [0.1, 0.15) is 22.8 Å². The van der Waals surface area contributed by atoms with Crippen LogP contribution in [0, 0.1) is 12.7 Å². The van der Waals surface area contributed by atoms with Gasteiger partial charge in [-0.1, -0.05) is 24.3 Å². The molecular formula is C18H18F4O4. The second-order valence-electron chi connectivity index (χ2n) is 5.95. The van der Waals surface area contributed by atoms with Gasteiger partial charge in [0.2, 0.25) is 0 Å². The summed E-state index contributed by atoms with van der Waals surface area (Å²) >= 11 is 0. The summed E-state index contributed by atoms with van der Waals surface area (Å²) in [5, 5.41) is 38.1. The molecule has 0 amide bonds. The number of aliphatic hydroxyl groups is 4. The van der Waals surface area contributed by atoms with E-state index in [0.29, 0.717) is 17.2 Å². The smallest absolute Gasteiger partial charge is 0.394 e. The maximum atomic E-state index is 13.7. The van der Waals surface area contributed by atoms with Crippen LogP contribution in [0.25, 0.3) is 11.1 Å². The molecule has 0 bridgehead atoms. The molecule has 2 aromatic carbocycles. The lowest BCUT2D eigenvalue weighted by Crippen LogP contribution is -2.35. The van der Waals surface area contributed by atoms with Crippen LogP contribution in [0.3, 0.4) is 0 Å². The molecule has 4 N–H and O–H groups in total. The predicted molar refractivity (Wildman–Crippen MR) is 85.6 cm³/mol. The van der Waals surface area contributed by atoms with Gasteiger partial charge in [0, 0.05) is 0 Å². The third kappa shape index (κ3) is 4.21. The summed E-state index contributed by atoms with van der Waals surface area (Å²) in [4.78, 5) is 0. The van der Waals surface area contributed by atoms with Crippen molar-refractivity contribution in [3.05, 3.63) is 58.9 Å². The van der Waals surface area contributed by atoms with Gasteiger partial charge in [0.05, 0.1) is 12.2 Å². The summed E-state index contributed by atoms with van der Waals surface area (Å²) in [7, 11) is 0. The van der Waals surface area contributed by atoms with Crippen molar-refractivity contribution in [1.29, 1.82) is 0 Å². The van der Waals surface area contributed by atoms with Gasteiger partial charge in [0.1, 0.15) is 24.1 Å². The zero-order chi connectivity index (χ0) is 19.6. The Morgan fingerprint density at radius 2 is 1.54 bits per heavy atom. The summed E-state index contributed by atoms with van der Waals surface area (Å²) in [6.45, 7) is 0.848. The van der Waals surface area contributed by atoms with Gasteiger partial charge < -0.3 is 20.4 Å². The van der Waals surface area contributed by atoms with Crippen LogP contribution >= 0.6 is 0 Å². The van der Waals surface area contributed by atoms with Gasteiger partial charge >= 0.3 is 6.18 Å². The quantitative estimate of drug-likeness (QED) is 0.607. The fourth-order valence-corrected chi connectivity index (χ4v) is 2.61. The number of hydrogen-bond donors (Lipinski definition) is 4. The van der Waals surface area contributed by atoms with Crippen molar-refractivity contribution in [2.75, 3.05) is 6.61 Å². The highest BCUT2D eigenvalue weighted by atomic mass is 19.4. The Kier molecular flexibility index (Phi) is 6.02. The van der Waals surface area contributed by atoms with Crippen LogP contribution in [0.15, 0.2) is 36.4 Å². The van der Waals surface area contributed by atoms with Gasteiger partial charge in [-0.25, -0.2) is 4.39 Å². The summed E-state index contributed by atoms with van der Waals surface area (Å²) in [5.41, 5.74) is 0.0191. The Morgan fingerprint density at radius 3 is 2.04 bits per heavy atom. The van der Waals surface area contributed by atoms with E-state index in [1.807, 2.05) is 0 Å². The molecule has 26 heavy (non-hydrogen) atoms. The highest BCUT2D eigenvalue weighted by Gasteiger charge is 2.34. The van der Waals surface area contributed by atoms with Gasteiger partial charge in [-0.05, 0) is 41.3 Å². The molecule has 2 aromatic rings. The number of rotatable bonds is 5. The normalized spacial score (nSPS) is 15.6. The first-order valence-corrected chi connectivity index (χ1v) is 7.69. The zero-order valence-electron chi connectivity index (χ0n) is 13.7. The maximum Gasteiger partial charge on any atom is 0.419 e. The first kappa shape index (κ1) is 20.3. The fourth-order valence-electron chi connectivity index (χ4n) is 2.61. The number of aliphatic hydroxyl groups excluding tert-OH is 4. The zero-order valence-corrected chi connectivity index (χ0v) is 13.7. The molecule has 0 aliphatic carbocycles. The molecule has 0 fully saturated rings. The standard InChI is InChI=1S/C18H18F4O4/c1-9-6-10(2-4-12(9)16(25)17(26)15(24)8-23)11-3-5-13(14(19)7-11)18(20,21)22/h2-7,15-17,23-26H,8H2,1H3/t15-,16-,17?/m1/s1. The van der Waals surface area contributed by atoms with Crippen LogP contribution < -0.4 is 0 Å². The summed E-state index contributed by atoms with van der Waals surface area (Å²) in [5.74, 6) is -1.39. The van der Waals surface area contributed by atoms with E-state index in [4.69, 9.17) is 5.11 Å². The van der Waals surface area contributed by atoms with Crippen molar-refractivity contribution in [2.24, 2.45) is 0 Å². The molecule has 2 rings (SSSR count). The molecule has 8 heteroatoms. The highest BCUT2D eigenvalue weighted by molar-refractivity contribution is 5.65. The van der Waals surface area contributed by atoms with E-state index in [0.717, 1.165) is 12.1 Å². The van der Waals surface area contributed by atoms with Crippen molar-refractivity contribution in [3.63, 3.8) is 0 Å². The van der Waals surface area contributed by atoms with Crippen molar-refractivity contribution >= 4 is 0 Å². The molecule has 1 unspecified atom stereocenters. The van der Waals surface area contributed by atoms with Gasteiger partial charge in [-0.15, -0.1) is 0 Å². The fraction of sp³-hybridized carbons (Fsp3) is 0.333. The summed E-state index contributed by atoms with van der Waals surface area (Å²) in [6.07, 6.45) is -9.41. The first-order valence-electron chi connectivity index (χ1n) is 7.69. The van der Waals surface area contributed by atoms with E-state index in [-0.39, 0.29) is 11.1 Å². The molecule has 0 aliphatic rings. The Morgan fingerprint density at radius 1 is 0.962 bits per heavy atom. The minimum absolute atomic E-state index is 0.218. The number of alkyl halides is 3. The van der Waals surface area contributed by atoms with E-state index >= 15 is 0 Å². The van der Waals surface area contributed by atoms with Crippen LogP contribution in [-0.4, -0.2) is 39.2 Å². The third-order valence-corrected chi connectivity index (χ3v) is 4.10. The molecule has 3 atom stereocenters. The molecule has 0 saturated heterocycles. The van der Waals surface area contributed by atoms with E-state index in [2.05, 4.69) is 0 Å². The van der Waals surface area contributed by atoms with Crippen LogP contribution in [0.5, 0.6) is 0 Å². The van der Waals surface area contributed by atoms with Crippen LogP contribution in [0.2, 0.25) is 0 Å². The van der Waals surface area contributed by atoms with Gasteiger partial charge in [-0.2, -0.15) is 13.2 Å². The number of halogens is 4. The first-order chi connectivity index (χ1) is 12.1. The second kappa shape index (κ2) is 7.71. The Balaban J connectivity index is 2.34. The summed E-state index contributed by atoms with van der Waals surface area (Å²) in [6, 6.07) is 6.95. The lowest BCUT2D eigenvalue weighted by molar-refractivity contribution is -0.139. The lowest BCUT2D eigenvalue weighted by atomic mass is 9.93. The van der Waals surface area contributed by atoms with E-state index in [1.165, 1.54) is 18.2 Å². The molecule has 0 radical (unpaired) electrons. The molecule has 4 nitrogen and oxygen atoms in total. The number of benzene rings is 2. The molecule has 0 aliphatic heterocycles. The minimum atomic E-state index is -4.78. The van der Waals surface area contributed by atoms with Crippen LogP contribution in [-0.2, 0) is 6.18 Å². The van der Waals surface area contributed by atoms with E-state index in [1.54, 1.807) is 6.92 Å². The minimum Gasteiger partial charge on any atom is -0.394 e. The molecule has 0 saturated carbocycles. The molecule has 0 aromatic heterocycles. The molecule has 142 valence electrons. The van der Waals surface area contributed by atoms with E-state index in [9.17, 15) is 32.9 Å². The van der Waals surface area contributed by atoms with Crippen LogP contribution in [0.4, 0.5) is 17.6 Å². The maximum absolute atomic E-state index is 13.7.